The van der Waals surface area contributed by atoms with Crippen molar-refractivity contribution in [3.63, 3.8) is 0 Å². The van der Waals surface area contributed by atoms with Gasteiger partial charge in [-0.2, -0.15) is 0 Å². The number of hydrogen-bond acceptors (Lipinski definition) is 3. The minimum Gasteiger partial charge on any atom is -0.392 e. The molecule has 88 valence electrons. The zero-order chi connectivity index (χ0) is 10.7. The normalized spacial score (nSPS) is 39.2. The quantitative estimate of drug-likeness (QED) is 0.717. The van der Waals surface area contributed by atoms with E-state index < -0.39 is 0 Å². The van der Waals surface area contributed by atoms with Gasteiger partial charge in [0.05, 0.1) is 6.10 Å². The van der Waals surface area contributed by atoms with E-state index in [0.717, 1.165) is 37.9 Å². The van der Waals surface area contributed by atoms with Crippen LogP contribution in [0.5, 0.6) is 0 Å². The second-order valence-corrected chi connectivity index (χ2v) is 5.20. The predicted molar refractivity (Wildman–Crippen MR) is 61.6 cm³/mol. The summed E-state index contributed by atoms with van der Waals surface area (Å²) in [6.45, 7) is 2.95. The third kappa shape index (κ3) is 2.92. The van der Waals surface area contributed by atoms with E-state index >= 15 is 0 Å². The maximum absolute atomic E-state index is 9.65. The van der Waals surface area contributed by atoms with Crippen molar-refractivity contribution in [1.82, 2.24) is 4.90 Å². The molecule has 0 radical (unpaired) electrons. The van der Waals surface area contributed by atoms with Crippen molar-refractivity contribution in [2.45, 2.75) is 50.7 Å². The number of likely N-dealkylation sites (tertiary alicyclic amines) is 1. The first-order valence-electron chi connectivity index (χ1n) is 6.41. The van der Waals surface area contributed by atoms with Crippen LogP contribution in [0.3, 0.4) is 0 Å². The van der Waals surface area contributed by atoms with Crippen molar-refractivity contribution in [2.24, 2.45) is 11.7 Å². The Hall–Kier alpha value is -0.120. The SMILES string of the molecule is NCC1CCC(N2CCCC(O)C2)CC1. The maximum atomic E-state index is 9.65. The Labute approximate surface area is 92.6 Å². The van der Waals surface area contributed by atoms with E-state index in [1.165, 1.54) is 32.2 Å². The lowest BCUT2D eigenvalue weighted by atomic mass is 9.84. The van der Waals surface area contributed by atoms with Gasteiger partial charge in [-0.25, -0.2) is 0 Å². The van der Waals surface area contributed by atoms with Crippen LogP contribution in [-0.2, 0) is 0 Å². The molecule has 0 amide bonds. The molecular weight excluding hydrogens is 188 g/mol. The average molecular weight is 212 g/mol. The number of aliphatic hydroxyl groups is 1. The zero-order valence-electron chi connectivity index (χ0n) is 9.57. The highest BCUT2D eigenvalue weighted by molar-refractivity contribution is 4.83. The summed E-state index contributed by atoms with van der Waals surface area (Å²) in [6.07, 6.45) is 7.23. The zero-order valence-corrected chi connectivity index (χ0v) is 9.57. The molecule has 1 saturated carbocycles. The lowest BCUT2D eigenvalue weighted by Gasteiger charge is -2.40. The number of aliphatic hydroxyl groups excluding tert-OH is 1. The van der Waals surface area contributed by atoms with Gasteiger partial charge in [0.25, 0.3) is 0 Å². The molecule has 0 aromatic rings. The van der Waals surface area contributed by atoms with Gasteiger partial charge in [0.1, 0.15) is 0 Å². The van der Waals surface area contributed by atoms with E-state index in [1.807, 2.05) is 0 Å². The van der Waals surface area contributed by atoms with Crippen LogP contribution in [0.1, 0.15) is 38.5 Å². The molecule has 2 aliphatic rings. The average Bonchev–Trinajstić information content (AvgIpc) is 2.29. The molecule has 2 rings (SSSR count). The molecule has 15 heavy (non-hydrogen) atoms. The molecule has 0 aromatic heterocycles. The summed E-state index contributed by atoms with van der Waals surface area (Å²) in [4.78, 5) is 2.50. The van der Waals surface area contributed by atoms with Gasteiger partial charge in [-0.05, 0) is 57.5 Å². The van der Waals surface area contributed by atoms with E-state index in [1.54, 1.807) is 0 Å². The van der Waals surface area contributed by atoms with E-state index in [0.29, 0.717) is 0 Å². The highest BCUT2D eigenvalue weighted by Crippen LogP contribution is 2.28. The molecule has 1 atom stereocenters. The summed E-state index contributed by atoms with van der Waals surface area (Å²) >= 11 is 0. The first kappa shape index (κ1) is 11.4. The molecular formula is C12H24N2O. The minimum atomic E-state index is -0.0778. The smallest absolute Gasteiger partial charge is 0.0667 e. The highest BCUT2D eigenvalue weighted by Gasteiger charge is 2.28. The molecule has 1 aliphatic heterocycles. The van der Waals surface area contributed by atoms with Gasteiger partial charge in [-0.15, -0.1) is 0 Å². The molecule has 1 saturated heterocycles. The standard InChI is InChI=1S/C12H24N2O/c13-8-10-3-5-11(6-4-10)14-7-1-2-12(15)9-14/h10-12,15H,1-9,13H2. The Kier molecular flexibility index (Phi) is 4.00. The lowest BCUT2D eigenvalue weighted by Crippen LogP contribution is -2.46. The van der Waals surface area contributed by atoms with Crippen molar-refractivity contribution >= 4 is 0 Å². The molecule has 0 spiro atoms. The van der Waals surface area contributed by atoms with Crippen LogP contribution in [0, 0.1) is 5.92 Å². The van der Waals surface area contributed by atoms with Crippen LogP contribution in [0.4, 0.5) is 0 Å². The first-order valence-corrected chi connectivity index (χ1v) is 6.41. The fourth-order valence-corrected chi connectivity index (χ4v) is 3.06. The molecule has 1 aliphatic carbocycles. The Bertz CT molecular complexity index is 190. The summed E-state index contributed by atoms with van der Waals surface area (Å²) in [6, 6.07) is 0.725. The summed E-state index contributed by atoms with van der Waals surface area (Å²) in [5, 5.41) is 9.65. The van der Waals surface area contributed by atoms with E-state index in [2.05, 4.69) is 4.90 Å². The van der Waals surface area contributed by atoms with Crippen LogP contribution < -0.4 is 5.73 Å². The first-order chi connectivity index (χ1) is 7.29. The number of hydrogen-bond donors (Lipinski definition) is 2. The summed E-state index contributed by atoms with van der Waals surface area (Å²) in [7, 11) is 0. The van der Waals surface area contributed by atoms with Crippen molar-refractivity contribution in [1.29, 1.82) is 0 Å². The van der Waals surface area contributed by atoms with Gasteiger partial charge in [0, 0.05) is 12.6 Å². The van der Waals surface area contributed by atoms with Crippen LogP contribution in [0.25, 0.3) is 0 Å². The van der Waals surface area contributed by atoms with Gasteiger partial charge >= 0.3 is 0 Å². The second-order valence-electron chi connectivity index (χ2n) is 5.20. The minimum absolute atomic E-state index is 0.0778. The number of β-amino-alcohol motifs (C(OH)–C–C–N with tert-alkyl or cyclic N) is 1. The molecule has 3 nitrogen and oxygen atoms in total. The Morgan fingerprint density at radius 3 is 2.47 bits per heavy atom. The Balaban J connectivity index is 1.79. The number of rotatable bonds is 2. The van der Waals surface area contributed by atoms with Crippen molar-refractivity contribution < 1.29 is 5.11 Å². The number of piperidine rings is 1. The highest BCUT2D eigenvalue weighted by atomic mass is 16.3. The maximum Gasteiger partial charge on any atom is 0.0667 e. The van der Waals surface area contributed by atoms with Crippen LogP contribution in [0.15, 0.2) is 0 Å². The molecule has 0 aromatic carbocycles. The van der Waals surface area contributed by atoms with Crippen LogP contribution >= 0.6 is 0 Å². The summed E-state index contributed by atoms with van der Waals surface area (Å²) < 4.78 is 0. The number of nitrogens with two attached hydrogens (primary N) is 1. The van der Waals surface area contributed by atoms with Gasteiger partial charge < -0.3 is 10.8 Å². The van der Waals surface area contributed by atoms with Crippen molar-refractivity contribution in [3.05, 3.63) is 0 Å². The molecule has 0 bridgehead atoms. The summed E-state index contributed by atoms with van der Waals surface area (Å²) in [5.41, 5.74) is 5.70. The van der Waals surface area contributed by atoms with E-state index in [-0.39, 0.29) is 6.10 Å². The van der Waals surface area contributed by atoms with Gasteiger partial charge in [0.15, 0.2) is 0 Å². The molecule has 3 heteroatoms. The summed E-state index contributed by atoms with van der Waals surface area (Å²) in [5.74, 6) is 0.760. The van der Waals surface area contributed by atoms with Crippen molar-refractivity contribution in [3.8, 4) is 0 Å². The Morgan fingerprint density at radius 2 is 1.87 bits per heavy atom. The third-order valence-electron chi connectivity index (χ3n) is 4.09. The lowest BCUT2D eigenvalue weighted by molar-refractivity contribution is 0.0317. The van der Waals surface area contributed by atoms with Gasteiger partial charge in [-0.3, -0.25) is 4.90 Å². The largest absolute Gasteiger partial charge is 0.392 e. The fourth-order valence-electron chi connectivity index (χ4n) is 3.06. The van der Waals surface area contributed by atoms with Crippen molar-refractivity contribution in [2.75, 3.05) is 19.6 Å². The predicted octanol–water partition coefficient (Wildman–Crippen LogP) is 0.961. The van der Waals surface area contributed by atoms with E-state index in [9.17, 15) is 5.11 Å². The number of nitrogens with zero attached hydrogens (tertiary/aromatic N) is 1. The van der Waals surface area contributed by atoms with Gasteiger partial charge in [0.2, 0.25) is 0 Å². The topological polar surface area (TPSA) is 49.5 Å². The van der Waals surface area contributed by atoms with E-state index in [4.69, 9.17) is 5.73 Å². The third-order valence-corrected chi connectivity index (χ3v) is 4.09. The van der Waals surface area contributed by atoms with Crippen LogP contribution in [0.2, 0.25) is 0 Å². The Morgan fingerprint density at radius 1 is 1.13 bits per heavy atom. The van der Waals surface area contributed by atoms with Gasteiger partial charge in [-0.1, -0.05) is 0 Å². The molecule has 1 unspecified atom stereocenters. The second kappa shape index (κ2) is 5.28. The van der Waals surface area contributed by atoms with Crippen LogP contribution in [-0.4, -0.2) is 41.8 Å². The fraction of sp³-hybridized carbons (Fsp3) is 1.00. The molecule has 2 fully saturated rings. The molecule has 1 heterocycles. The molecule has 3 N–H and O–H groups in total. The monoisotopic (exact) mass is 212 g/mol.